The number of hydrogen-bond donors (Lipinski definition) is 2. The number of rotatable bonds is 4. The second-order valence-electron chi connectivity index (χ2n) is 7.68. The van der Waals surface area contributed by atoms with Gasteiger partial charge in [0.1, 0.15) is 19.3 Å². The number of carbonyl (C=O) groups is 2. The molecule has 0 unspecified atom stereocenters. The molecule has 3 heterocycles. The van der Waals surface area contributed by atoms with Crippen LogP contribution in [-0.2, 0) is 9.59 Å². The third-order valence-corrected chi connectivity index (χ3v) is 5.68. The van der Waals surface area contributed by atoms with Crippen molar-refractivity contribution in [3.63, 3.8) is 0 Å². The van der Waals surface area contributed by atoms with Crippen LogP contribution in [0.2, 0.25) is 0 Å². The first-order valence-electron chi connectivity index (χ1n) is 10.1. The summed E-state index contributed by atoms with van der Waals surface area (Å²) in [5.74, 6) is 0.558. The highest BCUT2D eigenvalue weighted by molar-refractivity contribution is 6.00. The van der Waals surface area contributed by atoms with E-state index in [2.05, 4.69) is 10.3 Å². The number of nitrogens with one attached hydrogen (secondary N) is 2. The molecule has 2 aliphatic heterocycles. The Bertz CT molecular complexity index is 1270. The number of pyridine rings is 1. The normalized spacial score (nSPS) is 16.0. The first-order valence-corrected chi connectivity index (χ1v) is 10.1. The highest BCUT2D eigenvalue weighted by Crippen LogP contribution is 2.35. The number of H-pyrrole nitrogens is 1. The molecule has 2 aromatic carbocycles. The summed E-state index contributed by atoms with van der Waals surface area (Å²) in [6, 6.07) is 11.5. The zero-order valence-corrected chi connectivity index (χ0v) is 16.9. The molecule has 2 amide bonds. The predicted octanol–water partition coefficient (Wildman–Crippen LogP) is 2.52. The zero-order valence-electron chi connectivity index (χ0n) is 16.9. The maximum Gasteiger partial charge on any atom is 0.254 e. The summed E-state index contributed by atoms with van der Waals surface area (Å²) in [6.07, 6.45) is 0.359. The smallest absolute Gasteiger partial charge is 0.254 e. The summed E-state index contributed by atoms with van der Waals surface area (Å²) in [4.78, 5) is 42.7. The molecule has 31 heavy (non-hydrogen) atoms. The third kappa shape index (κ3) is 3.39. The summed E-state index contributed by atoms with van der Waals surface area (Å²) in [7, 11) is 0. The molecule has 158 valence electrons. The standard InChI is InChI=1S/C23H21N3O5/c1-13-4-2-3-5-16(13)24-23(29)21(26-7-6-20(26)27)15-10-14-11-18-19(31-9-8-30-18)12-17(14)25-22(15)28/h2-5,10-12,21H,6-9H2,1H3,(H,24,29)(H,25,28)/t21-/m0/s1. The van der Waals surface area contributed by atoms with Crippen LogP contribution in [0, 0.1) is 6.92 Å². The van der Waals surface area contributed by atoms with Gasteiger partial charge in [-0.2, -0.15) is 0 Å². The van der Waals surface area contributed by atoms with E-state index in [-0.39, 0.29) is 11.5 Å². The fourth-order valence-electron chi connectivity index (χ4n) is 3.93. The molecule has 1 aromatic heterocycles. The molecule has 1 atom stereocenters. The summed E-state index contributed by atoms with van der Waals surface area (Å²) in [5, 5.41) is 3.57. The average Bonchev–Trinajstić information content (AvgIpc) is 2.76. The van der Waals surface area contributed by atoms with Gasteiger partial charge in [-0.25, -0.2) is 0 Å². The van der Waals surface area contributed by atoms with Crippen LogP contribution in [0.1, 0.15) is 23.6 Å². The maximum absolute atomic E-state index is 13.3. The van der Waals surface area contributed by atoms with Crippen LogP contribution < -0.4 is 20.3 Å². The number of hydrogen-bond acceptors (Lipinski definition) is 5. The topological polar surface area (TPSA) is 101 Å². The molecular weight excluding hydrogens is 398 g/mol. The van der Waals surface area contributed by atoms with E-state index in [0.29, 0.717) is 54.3 Å². The molecule has 0 radical (unpaired) electrons. The Morgan fingerprint density at radius 3 is 2.52 bits per heavy atom. The lowest BCUT2D eigenvalue weighted by molar-refractivity contribution is -0.147. The van der Waals surface area contributed by atoms with E-state index in [1.807, 2.05) is 25.1 Å². The van der Waals surface area contributed by atoms with Crippen LogP contribution >= 0.6 is 0 Å². The molecule has 1 saturated heterocycles. The largest absolute Gasteiger partial charge is 0.486 e. The first-order chi connectivity index (χ1) is 15.0. The van der Waals surface area contributed by atoms with Crippen molar-refractivity contribution >= 4 is 28.4 Å². The van der Waals surface area contributed by atoms with Gasteiger partial charge < -0.3 is 24.7 Å². The number of para-hydroxylation sites is 1. The van der Waals surface area contributed by atoms with Crippen LogP contribution in [-0.4, -0.2) is 41.5 Å². The van der Waals surface area contributed by atoms with Crippen molar-refractivity contribution in [2.24, 2.45) is 0 Å². The number of anilines is 1. The average molecular weight is 419 g/mol. The van der Waals surface area contributed by atoms with Crippen molar-refractivity contribution in [2.45, 2.75) is 19.4 Å². The summed E-state index contributed by atoms with van der Waals surface area (Å²) < 4.78 is 11.2. The Hall–Kier alpha value is -3.81. The number of aryl methyl sites for hydroxylation is 1. The molecule has 0 saturated carbocycles. The Kier molecular flexibility index (Phi) is 4.62. The van der Waals surface area contributed by atoms with Gasteiger partial charge in [-0.1, -0.05) is 18.2 Å². The summed E-state index contributed by atoms with van der Waals surface area (Å²) >= 11 is 0. The van der Waals surface area contributed by atoms with Gasteiger partial charge in [-0.15, -0.1) is 0 Å². The molecule has 3 aromatic rings. The lowest BCUT2D eigenvalue weighted by Gasteiger charge is -2.37. The fourth-order valence-corrected chi connectivity index (χ4v) is 3.93. The number of β-lactam (4-membered cyclic amide) rings is 1. The Labute approximate surface area is 177 Å². The number of fused-ring (bicyclic) bond motifs is 2. The molecule has 5 rings (SSSR count). The molecular formula is C23H21N3O5. The van der Waals surface area contributed by atoms with Crippen LogP contribution in [0.4, 0.5) is 5.69 Å². The number of likely N-dealkylation sites (tertiary alicyclic amines) is 1. The minimum absolute atomic E-state index is 0.161. The maximum atomic E-state index is 13.3. The highest BCUT2D eigenvalue weighted by atomic mass is 16.6. The van der Waals surface area contributed by atoms with Crippen molar-refractivity contribution in [3.05, 3.63) is 63.9 Å². The summed E-state index contributed by atoms with van der Waals surface area (Å²) in [6.45, 7) is 3.19. The lowest BCUT2D eigenvalue weighted by Crippen LogP contribution is -2.50. The highest BCUT2D eigenvalue weighted by Gasteiger charge is 2.38. The number of nitrogens with zero attached hydrogens (tertiary/aromatic N) is 1. The van der Waals surface area contributed by atoms with Crippen LogP contribution in [0.5, 0.6) is 11.5 Å². The number of aromatic amines is 1. The van der Waals surface area contributed by atoms with Gasteiger partial charge in [-0.3, -0.25) is 14.4 Å². The number of ether oxygens (including phenoxy) is 2. The number of carbonyl (C=O) groups excluding carboxylic acids is 2. The molecule has 8 nitrogen and oxygen atoms in total. The molecule has 2 aliphatic rings. The SMILES string of the molecule is Cc1ccccc1NC(=O)[C@H](c1cc2cc3c(cc2[nH]c1=O)OCCO3)N1CCC1=O. The Balaban J connectivity index is 1.58. The van der Waals surface area contributed by atoms with Gasteiger partial charge in [-0.05, 0) is 30.7 Å². The van der Waals surface area contributed by atoms with Gasteiger partial charge in [0.2, 0.25) is 5.91 Å². The van der Waals surface area contributed by atoms with E-state index in [1.165, 1.54) is 4.90 Å². The first kappa shape index (κ1) is 19.2. The second-order valence-corrected chi connectivity index (χ2v) is 7.68. The van der Waals surface area contributed by atoms with E-state index in [0.717, 1.165) is 5.56 Å². The molecule has 1 fully saturated rings. The van der Waals surface area contributed by atoms with Crippen LogP contribution in [0.3, 0.4) is 0 Å². The molecule has 2 N–H and O–H groups in total. The van der Waals surface area contributed by atoms with Crippen molar-refractivity contribution in [2.75, 3.05) is 25.1 Å². The van der Waals surface area contributed by atoms with Crippen LogP contribution in [0.25, 0.3) is 10.9 Å². The van der Waals surface area contributed by atoms with Crippen molar-refractivity contribution in [1.29, 1.82) is 0 Å². The minimum atomic E-state index is -1.03. The number of amides is 2. The molecule has 0 aliphatic carbocycles. The quantitative estimate of drug-likeness (QED) is 0.633. The van der Waals surface area contributed by atoms with Crippen molar-refractivity contribution < 1.29 is 19.1 Å². The number of benzene rings is 2. The van der Waals surface area contributed by atoms with E-state index in [4.69, 9.17) is 9.47 Å². The van der Waals surface area contributed by atoms with Gasteiger partial charge in [0, 0.05) is 35.7 Å². The van der Waals surface area contributed by atoms with Gasteiger partial charge in [0.25, 0.3) is 11.5 Å². The summed E-state index contributed by atoms with van der Waals surface area (Å²) in [5.41, 5.74) is 1.89. The van der Waals surface area contributed by atoms with E-state index in [1.54, 1.807) is 24.3 Å². The lowest BCUT2D eigenvalue weighted by atomic mass is 9.99. The number of aromatic nitrogens is 1. The van der Waals surface area contributed by atoms with Gasteiger partial charge in [0.15, 0.2) is 11.5 Å². The van der Waals surface area contributed by atoms with E-state index in [9.17, 15) is 14.4 Å². The fraction of sp³-hybridized carbons (Fsp3) is 0.261. The van der Waals surface area contributed by atoms with Crippen LogP contribution in [0.15, 0.2) is 47.3 Å². The van der Waals surface area contributed by atoms with Gasteiger partial charge in [0.05, 0.1) is 5.52 Å². The molecule has 8 heteroatoms. The van der Waals surface area contributed by atoms with Crippen molar-refractivity contribution in [1.82, 2.24) is 9.88 Å². The van der Waals surface area contributed by atoms with E-state index < -0.39 is 17.5 Å². The van der Waals surface area contributed by atoms with Gasteiger partial charge >= 0.3 is 0 Å². The Morgan fingerprint density at radius 2 is 1.84 bits per heavy atom. The van der Waals surface area contributed by atoms with E-state index >= 15 is 0 Å². The molecule has 0 bridgehead atoms. The minimum Gasteiger partial charge on any atom is -0.486 e. The van der Waals surface area contributed by atoms with Crippen molar-refractivity contribution in [3.8, 4) is 11.5 Å². The monoisotopic (exact) mass is 419 g/mol. The third-order valence-electron chi connectivity index (χ3n) is 5.68. The molecule has 0 spiro atoms. The Morgan fingerprint density at radius 1 is 1.10 bits per heavy atom. The zero-order chi connectivity index (χ0) is 21.5. The second kappa shape index (κ2) is 7.46. The predicted molar refractivity (Wildman–Crippen MR) is 114 cm³/mol.